The fourth-order valence-electron chi connectivity index (χ4n) is 1.75. The van der Waals surface area contributed by atoms with Crippen LogP contribution < -0.4 is 0 Å². The van der Waals surface area contributed by atoms with E-state index in [9.17, 15) is 4.79 Å². The highest BCUT2D eigenvalue weighted by Gasteiger charge is 2.32. The van der Waals surface area contributed by atoms with Gasteiger partial charge in [0.25, 0.3) is 0 Å². The van der Waals surface area contributed by atoms with Crippen molar-refractivity contribution >= 4 is 17.5 Å². The van der Waals surface area contributed by atoms with Gasteiger partial charge in [0.2, 0.25) is 5.91 Å². The van der Waals surface area contributed by atoms with Crippen LogP contribution in [0.2, 0.25) is 0 Å². The van der Waals surface area contributed by atoms with E-state index in [1.165, 1.54) is 0 Å². The van der Waals surface area contributed by atoms with E-state index in [-0.39, 0.29) is 5.91 Å². The van der Waals surface area contributed by atoms with Crippen LogP contribution in [0.1, 0.15) is 20.8 Å². The molecular weight excluding hydrogens is 212 g/mol. The van der Waals surface area contributed by atoms with Gasteiger partial charge < -0.3 is 9.80 Å². The maximum Gasteiger partial charge on any atom is 0.229 e. The molecule has 1 aliphatic heterocycles. The number of hydrogen-bond acceptors (Lipinski definition) is 2. The number of amides is 1. The third-order valence-corrected chi connectivity index (χ3v) is 3.69. The van der Waals surface area contributed by atoms with Gasteiger partial charge in [-0.2, -0.15) is 0 Å². The van der Waals surface area contributed by atoms with E-state index in [0.717, 1.165) is 32.7 Å². The molecule has 0 radical (unpaired) electrons. The topological polar surface area (TPSA) is 23.6 Å². The van der Waals surface area contributed by atoms with Crippen LogP contribution in [0, 0.1) is 5.41 Å². The molecule has 15 heavy (non-hydrogen) atoms. The minimum Gasteiger partial charge on any atom is -0.340 e. The van der Waals surface area contributed by atoms with E-state index in [1.54, 1.807) is 0 Å². The fraction of sp³-hybridized carbons (Fsp3) is 0.909. The predicted octanol–water partition coefficient (Wildman–Crippen LogP) is 1.42. The Morgan fingerprint density at radius 1 is 1.27 bits per heavy atom. The zero-order valence-corrected chi connectivity index (χ0v) is 10.7. The van der Waals surface area contributed by atoms with Gasteiger partial charge in [0.15, 0.2) is 0 Å². The molecule has 0 atom stereocenters. The summed E-state index contributed by atoms with van der Waals surface area (Å²) in [7, 11) is 0. The lowest BCUT2D eigenvalue weighted by Gasteiger charge is -2.37. The number of piperazine rings is 1. The Kier molecular flexibility index (Phi) is 4.41. The Bertz CT molecular complexity index is 223. The Labute approximate surface area is 97.4 Å². The van der Waals surface area contributed by atoms with Gasteiger partial charge in [0.1, 0.15) is 0 Å². The smallest absolute Gasteiger partial charge is 0.229 e. The first-order chi connectivity index (χ1) is 7.01. The summed E-state index contributed by atoms with van der Waals surface area (Å²) in [6.07, 6.45) is 0. The second-order valence-corrected chi connectivity index (χ2v) is 5.01. The lowest BCUT2D eigenvalue weighted by atomic mass is 9.94. The van der Waals surface area contributed by atoms with Crippen molar-refractivity contribution < 1.29 is 4.79 Å². The zero-order valence-electron chi connectivity index (χ0n) is 9.92. The van der Waals surface area contributed by atoms with Crippen LogP contribution in [0.25, 0.3) is 0 Å². The first-order valence-electron chi connectivity index (χ1n) is 5.59. The van der Waals surface area contributed by atoms with Crippen molar-refractivity contribution in [3.63, 3.8) is 0 Å². The first-order valence-corrected chi connectivity index (χ1v) is 6.12. The molecule has 1 rings (SSSR count). The highest BCUT2D eigenvalue weighted by Crippen LogP contribution is 2.21. The summed E-state index contributed by atoms with van der Waals surface area (Å²) in [4.78, 5) is 16.4. The van der Waals surface area contributed by atoms with Crippen LogP contribution in [-0.2, 0) is 4.79 Å². The Morgan fingerprint density at radius 2 is 1.80 bits per heavy atom. The van der Waals surface area contributed by atoms with Gasteiger partial charge in [-0.1, -0.05) is 6.92 Å². The summed E-state index contributed by atoms with van der Waals surface area (Å²) in [5, 5.41) is 0. The third-order valence-electron chi connectivity index (χ3n) is 3.02. The Morgan fingerprint density at radius 3 is 2.20 bits per heavy atom. The predicted molar refractivity (Wildman–Crippen MR) is 63.2 cm³/mol. The number of rotatable bonds is 3. The first kappa shape index (κ1) is 12.8. The number of hydrogen-bond donors (Lipinski definition) is 0. The molecule has 0 aliphatic carbocycles. The molecule has 0 aromatic rings. The summed E-state index contributed by atoms with van der Waals surface area (Å²) in [5.74, 6) is 0.577. The van der Waals surface area contributed by atoms with Crippen molar-refractivity contribution in [2.75, 3.05) is 38.6 Å². The summed E-state index contributed by atoms with van der Waals surface area (Å²) in [5.41, 5.74) is -0.421. The number of nitrogens with zero attached hydrogens (tertiary/aromatic N) is 2. The average Bonchev–Trinajstić information content (AvgIpc) is 2.28. The van der Waals surface area contributed by atoms with Crippen LogP contribution in [0.4, 0.5) is 0 Å². The standard InChI is InChI=1S/C11H21ClN2O/c1-4-13-5-7-14(8-6-13)10(15)11(2,3)9-12/h4-9H2,1-3H3. The highest BCUT2D eigenvalue weighted by atomic mass is 35.5. The zero-order chi connectivity index (χ0) is 11.5. The molecule has 1 heterocycles. The van der Waals surface area contributed by atoms with Crippen molar-refractivity contribution in [3.05, 3.63) is 0 Å². The number of carbonyl (C=O) groups excluding carboxylic acids is 1. The quantitative estimate of drug-likeness (QED) is 0.688. The highest BCUT2D eigenvalue weighted by molar-refractivity contribution is 6.19. The monoisotopic (exact) mass is 232 g/mol. The molecule has 1 saturated heterocycles. The summed E-state index contributed by atoms with van der Waals surface area (Å²) in [6, 6.07) is 0. The van der Waals surface area contributed by atoms with Crippen molar-refractivity contribution in [2.24, 2.45) is 5.41 Å². The SMILES string of the molecule is CCN1CCN(C(=O)C(C)(C)CCl)CC1. The van der Waals surface area contributed by atoms with Gasteiger partial charge >= 0.3 is 0 Å². The molecule has 0 unspecified atom stereocenters. The molecule has 1 amide bonds. The number of likely N-dealkylation sites (N-methyl/N-ethyl adjacent to an activating group) is 1. The molecule has 0 aromatic heterocycles. The number of alkyl halides is 1. The van der Waals surface area contributed by atoms with Crippen molar-refractivity contribution in [3.8, 4) is 0 Å². The Hall–Kier alpha value is -0.280. The molecule has 4 heteroatoms. The molecule has 1 aliphatic rings. The lowest BCUT2D eigenvalue weighted by Crippen LogP contribution is -2.52. The third kappa shape index (κ3) is 3.08. The van der Waals surface area contributed by atoms with E-state index in [1.807, 2.05) is 18.7 Å². The summed E-state index contributed by atoms with van der Waals surface area (Å²) < 4.78 is 0. The van der Waals surface area contributed by atoms with E-state index < -0.39 is 5.41 Å². The minimum absolute atomic E-state index is 0.188. The van der Waals surface area contributed by atoms with Gasteiger partial charge in [0, 0.05) is 32.1 Å². The van der Waals surface area contributed by atoms with Gasteiger partial charge in [-0.3, -0.25) is 4.79 Å². The van der Waals surface area contributed by atoms with Crippen LogP contribution in [0.15, 0.2) is 0 Å². The fourth-order valence-corrected chi connectivity index (χ4v) is 1.87. The van der Waals surface area contributed by atoms with E-state index in [4.69, 9.17) is 11.6 Å². The normalized spacial score (nSPS) is 19.3. The molecule has 1 fully saturated rings. The number of halogens is 1. The van der Waals surface area contributed by atoms with E-state index >= 15 is 0 Å². The van der Waals surface area contributed by atoms with Crippen LogP contribution in [-0.4, -0.2) is 54.3 Å². The van der Waals surface area contributed by atoms with Crippen LogP contribution in [0.5, 0.6) is 0 Å². The summed E-state index contributed by atoms with van der Waals surface area (Å²) >= 11 is 5.81. The summed E-state index contributed by atoms with van der Waals surface area (Å²) in [6.45, 7) is 10.7. The van der Waals surface area contributed by atoms with Gasteiger partial charge in [-0.05, 0) is 20.4 Å². The van der Waals surface area contributed by atoms with Crippen molar-refractivity contribution in [2.45, 2.75) is 20.8 Å². The molecule has 0 saturated carbocycles. The molecular formula is C11H21ClN2O. The van der Waals surface area contributed by atoms with E-state index in [2.05, 4.69) is 11.8 Å². The van der Waals surface area contributed by atoms with Crippen LogP contribution >= 0.6 is 11.6 Å². The molecule has 0 bridgehead atoms. The lowest BCUT2D eigenvalue weighted by molar-refractivity contribution is -0.141. The van der Waals surface area contributed by atoms with E-state index in [0.29, 0.717) is 5.88 Å². The second-order valence-electron chi connectivity index (χ2n) is 4.74. The van der Waals surface area contributed by atoms with Gasteiger partial charge in [-0.25, -0.2) is 0 Å². The van der Waals surface area contributed by atoms with Gasteiger partial charge in [-0.15, -0.1) is 11.6 Å². The molecule has 3 nitrogen and oxygen atoms in total. The second kappa shape index (κ2) is 5.17. The molecule has 0 aromatic carbocycles. The largest absolute Gasteiger partial charge is 0.340 e. The van der Waals surface area contributed by atoms with Crippen molar-refractivity contribution in [1.82, 2.24) is 9.80 Å². The van der Waals surface area contributed by atoms with Crippen molar-refractivity contribution in [1.29, 1.82) is 0 Å². The minimum atomic E-state index is -0.421. The molecule has 0 spiro atoms. The van der Waals surface area contributed by atoms with Gasteiger partial charge in [0.05, 0.1) is 5.41 Å². The molecule has 0 N–H and O–H groups in total. The maximum absolute atomic E-state index is 12.1. The average molecular weight is 233 g/mol. The Balaban J connectivity index is 2.50. The maximum atomic E-state index is 12.1. The molecule has 88 valence electrons. The number of carbonyl (C=O) groups is 1. The van der Waals surface area contributed by atoms with Crippen LogP contribution in [0.3, 0.4) is 0 Å².